The van der Waals surface area contributed by atoms with Gasteiger partial charge in [-0.2, -0.15) is 0 Å². The summed E-state index contributed by atoms with van der Waals surface area (Å²) < 4.78 is 10.4. The van der Waals surface area contributed by atoms with Crippen LogP contribution in [0.15, 0.2) is 48.5 Å². The third-order valence-corrected chi connectivity index (χ3v) is 3.46. The number of hydrogen-bond donors (Lipinski definition) is 2. The van der Waals surface area contributed by atoms with E-state index in [1.165, 1.54) is 30.3 Å². The fourth-order valence-electron chi connectivity index (χ4n) is 2.16. The summed E-state index contributed by atoms with van der Waals surface area (Å²) in [6.07, 6.45) is 2.79. The van der Waals surface area contributed by atoms with Crippen molar-refractivity contribution in [1.82, 2.24) is 10.9 Å². The lowest BCUT2D eigenvalue weighted by Crippen LogP contribution is -2.40. The molecule has 2 N–H and O–H groups in total. The zero-order valence-electron chi connectivity index (χ0n) is 13.3. The SMILES string of the molecule is O=C(C=Cc1ccc2c(c1)OCO2)NNC(=O)c1ccc([N+](=O)[O-])cc1. The molecule has 0 saturated carbocycles. The molecule has 1 aliphatic rings. The molecule has 0 radical (unpaired) electrons. The van der Waals surface area contributed by atoms with Gasteiger partial charge in [-0.15, -0.1) is 0 Å². The molecule has 9 nitrogen and oxygen atoms in total. The summed E-state index contributed by atoms with van der Waals surface area (Å²) in [5.41, 5.74) is 5.22. The van der Waals surface area contributed by atoms with E-state index in [4.69, 9.17) is 9.47 Å². The van der Waals surface area contributed by atoms with Crippen molar-refractivity contribution in [3.05, 3.63) is 69.8 Å². The monoisotopic (exact) mass is 355 g/mol. The maximum absolute atomic E-state index is 11.9. The summed E-state index contributed by atoms with van der Waals surface area (Å²) in [5.74, 6) is 0.101. The first-order valence-corrected chi connectivity index (χ1v) is 7.45. The quantitative estimate of drug-likeness (QED) is 0.490. The van der Waals surface area contributed by atoms with Crippen molar-refractivity contribution in [2.45, 2.75) is 0 Å². The highest BCUT2D eigenvalue weighted by Gasteiger charge is 2.12. The molecule has 0 saturated heterocycles. The minimum absolute atomic E-state index is 0.128. The van der Waals surface area contributed by atoms with Crippen LogP contribution in [0.25, 0.3) is 6.08 Å². The van der Waals surface area contributed by atoms with Gasteiger partial charge in [-0.05, 0) is 35.9 Å². The number of hydrazine groups is 1. The van der Waals surface area contributed by atoms with Crippen molar-refractivity contribution in [1.29, 1.82) is 0 Å². The predicted octanol–water partition coefficient (Wildman–Crippen LogP) is 1.80. The van der Waals surface area contributed by atoms with Crippen LogP contribution in [0.1, 0.15) is 15.9 Å². The van der Waals surface area contributed by atoms with E-state index in [1.807, 2.05) is 0 Å². The predicted molar refractivity (Wildman–Crippen MR) is 90.3 cm³/mol. The number of fused-ring (bicyclic) bond motifs is 1. The van der Waals surface area contributed by atoms with Crippen molar-refractivity contribution >= 4 is 23.6 Å². The van der Waals surface area contributed by atoms with Gasteiger partial charge >= 0.3 is 0 Å². The molecule has 1 heterocycles. The number of non-ortho nitro benzene ring substituents is 1. The molecule has 0 fully saturated rings. The minimum atomic E-state index is -0.593. The van der Waals surface area contributed by atoms with Crippen molar-refractivity contribution in [3.63, 3.8) is 0 Å². The number of nitro groups is 1. The number of nitrogens with one attached hydrogen (secondary N) is 2. The molecule has 26 heavy (non-hydrogen) atoms. The molecule has 0 aromatic heterocycles. The number of nitrogens with zero attached hydrogens (tertiary/aromatic N) is 1. The van der Waals surface area contributed by atoms with Crippen LogP contribution in [0.5, 0.6) is 11.5 Å². The Morgan fingerprint density at radius 3 is 2.50 bits per heavy atom. The van der Waals surface area contributed by atoms with Gasteiger partial charge in [0.2, 0.25) is 6.79 Å². The van der Waals surface area contributed by atoms with Crippen molar-refractivity contribution in [3.8, 4) is 11.5 Å². The molecule has 0 atom stereocenters. The number of ether oxygens (including phenoxy) is 2. The second-order valence-corrected chi connectivity index (χ2v) is 5.19. The van der Waals surface area contributed by atoms with Crippen LogP contribution < -0.4 is 20.3 Å². The van der Waals surface area contributed by atoms with E-state index in [9.17, 15) is 19.7 Å². The van der Waals surface area contributed by atoms with E-state index in [0.29, 0.717) is 11.5 Å². The average Bonchev–Trinajstić information content (AvgIpc) is 3.12. The van der Waals surface area contributed by atoms with Gasteiger partial charge < -0.3 is 9.47 Å². The van der Waals surface area contributed by atoms with Gasteiger partial charge in [0.05, 0.1) is 4.92 Å². The second kappa shape index (κ2) is 7.34. The Hall–Kier alpha value is -3.88. The van der Waals surface area contributed by atoms with E-state index < -0.39 is 16.7 Å². The van der Waals surface area contributed by atoms with Gasteiger partial charge in [-0.25, -0.2) is 0 Å². The summed E-state index contributed by atoms with van der Waals surface area (Å²) in [5, 5.41) is 10.6. The van der Waals surface area contributed by atoms with Gasteiger partial charge in [0, 0.05) is 23.8 Å². The topological polar surface area (TPSA) is 120 Å². The van der Waals surface area contributed by atoms with Gasteiger partial charge in [0.25, 0.3) is 17.5 Å². The van der Waals surface area contributed by atoms with Crippen molar-refractivity contribution < 1.29 is 24.0 Å². The molecule has 132 valence electrons. The van der Waals surface area contributed by atoms with E-state index in [-0.39, 0.29) is 18.0 Å². The Morgan fingerprint density at radius 1 is 1.04 bits per heavy atom. The lowest BCUT2D eigenvalue weighted by atomic mass is 10.2. The Balaban J connectivity index is 1.53. The van der Waals surface area contributed by atoms with Crippen LogP contribution >= 0.6 is 0 Å². The number of benzene rings is 2. The van der Waals surface area contributed by atoms with Gasteiger partial charge in [-0.1, -0.05) is 6.07 Å². The lowest BCUT2D eigenvalue weighted by molar-refractivity contribution is -0.384. The van der Waals surface area contributed by atoms with E-state index in [0.717, 1.165) is 5.56 Å². The third-order valence-electron chi connectivity index (χ3n) is 3.46. The Labute approximate surface area is 147 Å². The molecule has 3 rings (SSSR count). The first kappa shape index (κ1) is 17.0. The minimum Gasteiger partial charge on any atom is -0.454 e. The van der Waals surface area contributed by atoms with Crippen LogP contribution in [0.3, 0.4) is 0 Å². The first-order chi connectivity index (χ1) is 12.5. The summed E-state index contributed by atoms with van der Waals surface area (Å²) in [4.78, 5) is 33.7. The highest BCUT2D eigenvalue weighted by molar-refractivity contribution is 5.98. The summed E-state index contributed by atoms with van der Waals surface area (Å²) >= 11 is 0. The molecule has 0 bridgehead atoms. The molecule has 1 aliphatic heterocycles. The van der Waals surface area contributed by atoms with Crippen molar-refractivity contribution in [2.75, 3.05) is 6.79 Å². The molecule has 2 amide bonds. The molecule has 2 aromatic carbocycles. The zero-order valence-corrected chi connectivity index (χ0v) is 13.3. The third kappa shape index (κ3) is 3.96. The molecular weight excluding hydrogens is 342 g/mol. The van der Waals surface area contributed by atoms with E-state index >= 15 is 0 Å². The average molecular weight is 355 g/mol. The summed E-state index contributed by atoms with van der Waals surface area (Å²) in [6.45, 7) is 0.164. The van der Waals surface area contributed by atoms with E-state index in [2.05, 4.69) is 10.9 Å². The first-order valence-electron chi connectivity index (χ1n) is 7.45. The molecule has 2 aromatic rings. The van der Waals surface area contributed by atoms with Crippen LogP contribution in [-0.4, -0.2) is 23.5 Å². The van der Waals surface area contributed by atoms with Gasteiger partial charge in [0.1, 0.15) is 0 Å². The number of carbonyl (C=O) groups is 2. The molecule has 9 heteroatoms. The van der Waals surface area contributed by atoms with Gasteiger partial charge in [-0.3, -0.25) is 30.6 Å². The van der Waals surface area contributed by atoms with Gasteiger partial charge in [0.15, 0.2) is 11.5 Å². The number of hydrogen-bond acceptors (Lipinski definition) is 6. The Bertz CT molecular complexity index is 892. The number of amides is 2. The second-order valence-electron chi connectivity index (χ2n) is 5.19. The molecular formula is C17H13N3O6. The fourth-order valence-corrected chi connectivity index (χ4v) is 2.16. The Kier molecular flexibility index (Phi) is 4.79. The number of rotatable bonds is 4. The number of carbonyl (C=O) groups excluding carboxylic acids is 2. The van der Waals surface area contributed by atoms with Crippen LogP contribution in [-0.2, 0) is 4.79 Å². The van der Waals surface area contributed by atoms with Crippen LogP contribution in [0, 0.1) is 10.1 Å². The summed E-state index contributed by atoms with van der Waals surface area (Å²) in [6, 6.07) is 10.2. The van der Waals surface area contributed by atoms with E-state index in [1.54, 1.807) is 24.3 Å². The maximum atomic E-state index is 11.9. The van der Waals surface area contributed by atoms with Crippen LogP contribution in [0.2, 0.25) is 0 Å². The molecule has 0 aliphatic carbocycles. The number of nitro benzene ring substituents is 1. The standard InChI is InChI=1S/C17H13N3O6/c21-16(8-2-11-1-7-14-15(9-11)26-10-25-14)18-19-17(22)12-3-5-13(6-4-12)20(23)24/h1-9H,10H2,(H,18,21)(H,19,22). The Morgan fingerprint density at radius 2 is 1.77 bits per heavy atom. The maximum Gasteiger partial charge on any atom is 0.269 e. The highest BCUT2D eigenvalue weighted by atomic mass is 16.7. The van der Waals surface area contributed by atoms with Crippen LogP contribution in [0.4, 0.5) is 5.69 Å². The largest absolute Gasteiger partial charge is 0.454 e. The zero-order chi connectivity index (χ0) is 18.5. The summed E-state index contributed by atoms with van der Waals surface area (Å²) in [7, 11) is 0. The smallest absolute Gasteiger partial charge is 0.269 e. The molecule has 0 spiro atoms. The van der Waals surface area contributed by atoms with Crippen molar-refractivity contribution in [2.24, 2.45) is 0 Å². The normalized spacial score (nSPS) is 12.0. The lowest BCUT2D eigenvalue weighted by Gasteiger charge is -2.05. The molecule has 0 unspecified atom stereocenters. The fraction of sp³-hybridized carbons (Fsp3) is 0.0588. The highest BCUT2D eigenvalue weighted by Crippen LogP contribution is 2.32.